The van der Waals surface area contributed by atoms with Gasteiger partial charge in [-0.25, -0.2) is 0 Å². The van der Waals surface area contributed by atoms with Crippen LogP contribution >= 0.6 is 0 Å². The van der Waals surface area contributed by atoms with Gasteiger partial charge in [-0.15, -0.1) is 0 Å². The van der Waals surface area contributed by atoms with Gasteiger partial charge in [0.25, 0.3) is 0 Å². The molecule has 1 heterocycles. The van der Waals surface area contributed by atoms with E-state index in [-0.39, 0.29) is 0 Å². The number of nitrogens with zero attached hydrogens (tertiary/aromatic N) is 1. The minimum absolute atomic E-state index is 0.337. The van der Waals surface area contributed by atoms with Gasteiger partial charge in [-0.2, -0.15) is 0 Å². The maximum Gasteiger partial charge on any atom is 0.0826 e. The molecule has 0 bridgehead atoms. The van der Waals surface area contributed by atoms with Crippen LogP contribution in [-0.2, 0) is 11.3 Å². The lowest BCUT2D eigenvalue weighted by Gasteiger charge is -2.32. The third-order valence-electron chi connectivity index (χ3n) is 3.49. The summed E-state index contributed by atoms with van der Waals surface area (Å²) in [6, 6.07) is 8.69. The number of hydrogen-bond donors (Lipinski definition) is 1. The fourth-order valence-electron chi connectivity index (χ4n) is 2.27. The molecule has 0 aromatic heterocycles. The molecule has 1 aromatic carbocycles. The average molecular weight is 248 g/mol. The van der Waals surface area contributed by atoms with Gasteiger partial charge < -0.3 is 10.1 Å². The third-order valence-corrected chi connectivity index (χ3v) is 3.49. The Labute approximate surface area is 110 Å². The molecule has 0 amide bonds. The van der Waals surface area contributed by atoms with Crippen LogP contribution in [0.25, 0.3) is 0 Å². The molecule has 0 aliphatic carbocycles. The molecule has 100 valence electrons. The number of rotatable bonds is 5. The van der Waals surface area contributed by atoms with E-state index in [1.165, 1.54) is 11.1 Å². The first-order chi connectivity index (χ1) is 8.78. The van der Waals surface area contributed by atoms with E-state index < -0.39 is 0 Å². The molecule has 1 aliphatic rings. The summed E-state index contributed by atoms with van der Waals surface area (Å²) >= 11 is 0. The van der Waals surface area contributed by atoms with Crippen molar-refractivity contribution < 1.29 is 4.74 Å². The first kappa shape index (κ1) is 13.5. The van der Waals surface area contributed by atoms with Crippen molar-refractivity contribution in [3.63, 3.8) is 0 Å². The Hall–Kier alpha value is -0.900. The first-order valence-corrected chi connectivity index (χ1v) is 6.88. The minimum atomic E-state index is 0.337. The van der Waals surface area contributed by atoms with E-state index >= 15 is 0 Å². The summed E-state index contributed by atoms with van der Waals surface area (Å²) in [5.41, 5.74) is 2.65. The zero-order valence-electron chi connectivity index (χ0n) is 11.5. The summed E-state index contributed by atoms with van der Waals surface area (Å²) in [7, 11) is 0. The van der Waals surface area contributed by atoms with Crippen molar-refractivity contribution in [2.45, 2.75) is 26.5 Å². The maximum absolute atomic E-state index is 5.76. The zero-order chi connectivity index (χ0) is 12.8. The van der Waals surface area contributed by atoms with E-state index in [1.807, 2.05) is 0 Å². The van der Waals surface area contributed by atoms with Gasteiger partial charge in [0.05, 0.1) is 12.7 Å². The van der Waals surface area contributed by atoms with Crippen molar-refractivity contribution in [1.82, 2.24) is 10.2 Å². The van der Waals surface area contributed by atoms with Gasteiger partial charge >= 0.3 is 0 Å². The lowest BCUT2D eigenvalue weighted by atomic mass is 10.1. The van der Waals surface area contributed by atoms with Crippen LogP contribution in [0.15, 0.2) is 24.3 Å². The van der Waals surface area contributed by atoms with Gasteiger partial charge in [0.2, 0.25) is 0 Å². The number of morpholine rings is 1. The highest BCUT2D eigenvalue weighted by Crippen LogP contribution is 2.05. The molecule has 0 radical (unpaired) electrons. The van der Waals surface area contributed by atoms with Crippen LogP contribution in [0.1, 0.15) is 18.1 Å². The van der Waals surface area contributed by atoms with Gasteiger partial charge in [-0.3, -0.25) is 4.90 Å². The molecule has 0 saturated carbocycles. The summed E-state index contributed by atoms with van der Waals surface area (Å²) in [5, 5.41) is 3.48. The van der Waals surface area contributed by atoms with Crippen molar-refractivity contribution in [3.05, 3.63) is 35.4 Å². The van der Waals surface area contributed by atoms with Crippen molar-refractivity contribution in [2.24, 2.45) is 0 Å². The highest BCUT2D eigenvalue weighted by molar-refractivity contribution is 5.21. The van der Waals surface area contributed by atoms with Gasteiger partial charge in [-0.05, 0) is 19.0 Å². The number of likely N-dealkylation sites (N-methyl/N-ethyl adjacent to an activating group) is 1. The molecule has 2 rings (SSSR count). The van der Waals surface area contributed by atoms with Crippen LogP contribution in [0.2, 0.25) is 0 Å². The number of aryl methyl sites for hydroxylation is 1. The van der Waals surface area contributed by atoms with Crippen molar-refractivity contribution in [2.75, 3.05) is 32.8 Å². The minimum Gasteiger partial charge on any atom is -0.374 e. The lowest BCUT2D eigenvalue weighted by molar-refractivity contribution is -0.0253. The van der Waals surface area contributed by atoms with Crippen LogP contribution < -0.4 is 5.32 Å². The van der Waals surface area contributed by atoms with Crippen LogP contribution in [0.4, 0.5) is 0 Å². The lowest BCUT2D eigenvalue weighted by Crippen LogP contribution is -2.46. The molecular weight excluding hydrogens is 224 g/mol. The highest BCUT2D eigenvalue weighted by atomic mass is 16.5. The quantitative estimate of drug-likeness (QED) is 0.860. The Balaban J connectivity index is 1.70. The molecule has 18 heavy (non-hydrogen) atoms. The molecule has 1 aromatic rings. The maximum atomic E-state index is 5.76. The number of hydrogen-bond acceptors (Lipinski definition) is 3. The molecule has 1 atom stereocenters. The standard InChI is InChI=1S/C15H24N2O/c1-3-17-8-9-18-15(12-17)11-16-10-14-6-4-13(2)5-7-14/h4-7,15-16H,3,8-12H2,1-2H3. The molecule has 1 aliphatic heterocycles. The largest absolute Gasteiger partial charge is 0.374 e. The fraction of sp³-hybridized carbons (Fsp3) is 0.600. The van der Waals surface area contributed by atoms with Crippen molar-refractivity contribution in [3.8, 4) is 0 Å². The Bertz CT molecular complexity index is 350. The van der Waals surface area contributed by atoms with Crippen molar-refractivity contribution >= 4 is 0 Å². The van der Waals surface area contributed by atoms with E-state index in [1.54, 1.807) is 0 Å². The molecule has 1 N–H and O–H groups in total. The van der Waals surface area contributed by atoms with Gasteiger partial charge in [0.15, 0.2) is 0 Å². The molecule has 1 unspecified atom stereocenters. The number of ether oxygens (including phenoxy) is 1. The van der Waals surface area contributed by atoms with E-state index in [0.29, 0.717) is 6.10 Å². The topological polar surface area (TPSA) is 24.5 Å². The molecular formula is C15H24N2O. The predicted octanol–water partition coefficient (Wildman–Crippen LogP) is 1.81. The SMILES string of the molecule is CCN1CCOC(CNCc2ccc(C)cc2)C1. The summed E-state index contributed by atoms with van der Waals surface area (Å²) in [4.78, 5) is 2.45. The van der Waals surface area contributed by atoms with E-state index in [0.717, 1.165) is 39.3 Å². The van der Waals surface area contributed by atoms with Gasteiger partial charge in [-0.1, -0.05) is 36.8 Å². The summed E-state index contributed by atoms with van der Waals surface area (Å²) < 4.78 is 5.76. The van der Waals surface area contributed by atoms with Crippen LogP contribution in [0.5, 0.6) is 0 Å². The second-order valence-electron chi connectivity index (χ2n) is 5.00. The smallest absolute Gasteiger partial charge is 0.0826 e. The normalized spacial score (nSPS) is 21.1. The number of benzene rings is 1. The third kappa shape index (κ3) is 4.09. The zero-order valence-corrected chi connectivity index (χ0v) is 11.5. The monoisotopic (exact) mass is 248 g/mol. The second-order valence-corrected chi connectivity index (χ2v) is 5.00. The molecule has 1 saturated heterocycles. The average Bonchev–Trinajstić information content (AvgIpc) is 2.41. The Kier molecular flexibility index (Phi) is 5.17. The Morgan fingerprint density at radius 2 is 2.11 bits per heavy atom. The van der Waals surface area contributed by atoms with Crippen LogP contribution in [0.3, 0.4) is 0 Å². The summed E-state index contributed by atoms with van der Waals surface area (Å²) in [5.74, 6) is 0. The molecule has 1 fully saturated rings. The fourth-order valence-corrected chi connectivity index (χ4v) is 2.27. The number of nitrogens with one attached hydrogen (secondary N) is 1. The molecule has 0 spiro atoms. The first-order valence-electron chi connectivity index (χ1n) is 6.88. The van der Waals surface area contributed by atoms with E-state index in [2.05, 4.69) is 48.3 Å². The van der Waals surface area contributed by atoms with Gasteiger partial charge in [0.1, 0.15) is 0 Å². The highest BCUT2D eigenvalue weighted by Gasteiger charge is 2.18. The van der Waals surface area contributed by atoms with Gasteiger partial charge in [0, 0.05) is 26.2 Å². The van der Waals surface area contributed by atoms with Crippen LogP contribution in [-0.4, -0.2) is 43.8 Å². The van der Waals surface area contributed by atoms with Crippen molar-refractivity contribution in [1.29, 1.82) is 0 Å². The Morgan fingerprint density at radius 3 is 2.83 bits per heavy atom. The molecule has 3 heteroatoms. The van der Waals surface area contributed by atoms with E-state index in [9.17, 15) is 0 Å². The molecule has 3 nitrogen and oxygen atoms in total. The second kappa shape index (κ2) is 6.88. The summed E-state index contributed by atoms with van der Waals surface area (Å²) in [6.45, 7) is 10.3. The Morgan fingerprint density at radius 1 is 1.33 bits per heavy atom. The van der Waals surface area contributed by atoms with Crippen LogP contribution in [0, 0.1) is 6.92 Å². The summed E-state index contributed by atoms with van der Waals surface area (Å²) in [6.07, 6.45) is 0.337. The van der Waals surface area contributed by atoms with E-state index in [4.69, 9.17) is 4.74 Å². The predicted molar refractivity (Wildman–Crippen MR) is 74.7 cm³/mol.